The van der Waals surface area contributed by atoms with Crippen LogP contribution < -0.4 is 10.7 Å². The number of nitrogens with zero attached hydrogens (tertiary/aromatic N) is 1. The van der Waals surface area contributed by atoms with E-state index in [4.69, 9.17) is 11.6 Å². The van der Waals surface area contributed by atoms with Crippen LogP contribution in [0.1, 0.15) is 28.4 Å². The van der Waals surface area contributed by atoms with Crippen molar-refractivity contribution in [3.05, 3.63) is 80.6 Å². The van der Waals surface area contributed by atoms with Crippen molar-refractivity contribution in [2.45, 2.75) is 26.8 Å². The standard InChI is InChI=1S/C21H21ClN2O2/c1-3-24-13-17(20(25)16-9-10-18(22)14(2)19(16)24)21(26)23-12-11-15-7-5-4-6-8-15/h4-10,13H,3,11-12H2,1-2H3,(H,23,26). The molecule has 0 atom stereocenters. The van der Waals surface area contributed by atoms with Gasteiger partial charge in [0.05, 0.1) is 5.52 Å². The van der Waals surface area contributed by atoms with Gasteiger partial charge in [-0.3, -0.25) is 9.59 Å². The molecule has 0 spiro atoms. The smallest absolute Gasteiger partial charge is 0.256 e. The van der Waals surface area contributed by atoms with Crippen LogP contribution in [0.5, 0.6) is 0 Å². The summed E-state index contributed by atoms with van der Waals surface area (Å²) in [6, 6.07) is 13.3. The summed E-state index contributed by atoms with van der Waals surface area (Å²) >= 11 is 6.20. The number of aryl methyl sites for hydroxylation is 2. The lowest BCUT2D eigenvalue weighted by atomic mass is 10.1. The second-order valence-electron chi connectivity index (χ2n) is 6.22. The summed E-state index contributed by atoms with van der Waals surface area (Å²) in [7, 11) is 0. The molecule has 0 aliphatic carbocycles. The zero-order valence-electron chi connectivity index (χ0n) is 14.9. The number of fused-ring (bicyclic) bond motifs is 1. The van der Waals surface area contributed by atoms with Crippen molar-refractivity contribution >= 4 is 28.4 Å². The number of nitrogens with one attached hydrogen (secondary N) is 1. The maximum atomic E-state index is 12.8. The summed E-state index contributed by atoms with van der Waals surface area (Å²) in [6.07, 6.45) is 2.35. The fourth-order valence-electron chi connectivity index (χ4n) is 3.12. The Morgan fingerprint density at radius 2 is 1.88 bits per heavy atom. The van der Waals surface area contributed by atoms with Crippen LogP contribution in [0.25, 0.3) is 10.9 Å². The first-order valence-electron chi connectivity index (χ1n) is 8.67. The third-order valence-electron chi connectivity index (χ3n) is 4.55. The minimum Gasteiger partial charge on any atom is -0.352 e. The second kappa shape index (κ2) is 7.75. The average Bonchev–Trinajstić information content (AvgIpc) is 2.65. The van der Waals surface area contributed by atoms with Crippen molar-refractivity contribution in [2.24, 2.45) is 0 Å². The van der Waals surface area contributed by atoms with E-state index in [-0.39, 0.29) is 16.9 Å². The lowest BCUT2D eigenvalue weighted by Crippen LogP contribution is -2.31. The molecule has 1 heterocycles. The number of aromatic nitrogens is 1. The van der Waals surface area contributed by atoms with Crippen LogP contribution in [0.15, 0.2) is 53.5 Å². The minimum absolute atomic E-state index is 0.161. The number of pyridine rings is 1. The largest absolute Gasteiger partial charge is 0.352 e. The molecule has 5 heteroatoms. The van der Waals surface area contributed by atoms with Gasteiger partial charge in [-0.2, -0.15) is 0 Å². The predicted octanol–water partition coefficient (Wildman–Crippen LogP) is 3.96. The van der Waals surface area contributed by atoms with Gasteiger partial charge in [-0.15, -0.1) is 0 Å². The molecule has 0 unspecified atom stereocenters. The number of amides is 1. The van der Waals surface area contributed by atoms with Gasteiger partial charge in [0.2, 0.25) is 5.43 Å². The van der Waals surface area contributed by atoms with Gasteiger partial charge in [-0.1, -0.05) is 41.9 Å². The molecule has 3 aromatic rings. The third-order valence-corrected chi connectivity index (χ3v) is 4.96. The number of carbonyl (C=O) groups excluding carboxylic acids is 1. The molecule has 0 bridgehead atoms. The van der Waals surface area contributed by atoms with E-state index in [1.54, 1.807) is 18.3 Å². The first-order chi connectivity index (χ1) is 12.5. The third kappa shape index (κ3) is 3.51. The van der Waals surface area contributed by atoms with E-state index in [2.05, 4.69) is 5.32 Å². The number of carbonyl (C=O) groups is 1. The summed E-state index contributed by atoms with van der Waals surface area (Å²) in [5, 5.41) is 3.98. The van der Waals surface area contributed by atoms with Crippen molar-refractivity contribution in [1.82, 2.24) is 9.88 Å². The van der Waals surface area contributed by atoms with Gasteiger partial charge >= 0.3 is 0 Å². The van der Waals surface area contributed by atoms with Crippen LogP contribution >= 0.6 is 11.6 Å². The van der Waals surface area contributed by atoms with E-state index in [0.717, 1.165) is 23.1 Å². The molecule has 0 aliphatic rings. The van der Waals surface area contributed by atoms with E-state index in [1.165, 1.54) is 0 Å². The molecular weight excluding hydrogens is 348 g/mol. The van der Waals surface area contributed by atoms with Gasteiger partial charge in [-0.05, 0) is 43.5 Å². The molecule has 2 aromatic carbocycles. The number of hydrogen-bond acceptors (Lipinski definition) is 2. The Morgan fingerprint density at radius 3 is 2.58 bits per heavy atom. The Labute approximate surface area is 157 Å². The lowest BCUT2D eigenvalue weighted by molar-refractivity contribution is 0.0952. The molecule has 1 amide bonds. The molecule has 0 radical (unpaired) electrons. The minimum atomic E-state index is -0.345. The Hall–Kier alpha value is -2.59. The van der Waals surface area contributed by atoms with Gasteiger partial charge in [-0.25, -0.2) is 0 Å². The topological polar surface area (TPSA) is 51.1 Å². The molecule has 0 saturated heterocycles. The normalized spacial score (nSPS) is 10.9. The molecule has 26 heavy (non-hydrogen) atoms. The van der Waals surface area contributed by atoms with Gasteiger partial charge in [0.25, 0.3) is 5.91 Å². The second-order valence-corrected chi connectivity index (χ2v) is 6.63. The van der Waals surface area contributed by atoms with Crippen LogP contribution in [0.4, 0.5) is 0 Å². The van der Waals surface area contributed by atoms with E-state index in [0.29, 0.717) is 23.5 Å². The quantitative estimate of drug-likeness (QED) is 0.741. The molecule has 134 valence electrons. The molecule has 0 aliphatic heterocycles. The van der Waals surface area contributed by atoms with Gasteiger partial charge in [0.1, 0.15) is 5.56 Å². The fourth-order valence-corrected chi connectivity index (χ4v) is 3.28. The first kappa shape index (κ1) is 18.2. The molecule has 1 N–H and O–H groups in total. The SMILES string of the molecule is CCn1cc(C(=O)NCCc2ccccc2)c(=O)c2ccc(Cl)c(C)c21. The lowest BCUT2D eigenvalue weighted by Gasteiger charge is -2.14. The molecule has 0 saturated carbocycles. The molecule has 4 nitrogen and oxygen atoms in total. The van der Waals surface area contributed by atoms with Crippen LogP contribution in [0.2, 0.25) is 5.02 Å². The Kier molecular flexibility index (Phi) is 5.43. The van der Waals surface area contributed by atoms with E-state index >= 15 is 0 Å². The van der Waals surface area contributed by atoms with Crippen molar-refractivity contribution in [3.8, 4) is 0 Å². The number of benzene rings is 2. The molecule has 1 aromatic heterocycles. The fraction of sp³-hybridized carbons (Fsp3) is 0.238. The van der Waals surface area contributed by atoms with Crippen molar-refractivity contribution in [3.63, 3.8) is 0 Å². The predicted molar refractivity (Wildman–Crippen MR) is 106 cm³/mol. The van der Waals surface area contributed by atoms with Gasteiger partial charge in [0.15, 0.2) is 0 Å². The van der Waals surface area contributed by atoms with Crippen molar-refractivity contribution in [2.75, 3.05) is 6.54 Å². The van der Waals surface area contributed by atoms with E-state index in [1.807, 2.05) is 48.7 Å². The van der Waals surface area contributed by atoms with Crippen LogP contribution in [-0.2, 0) is 13.0 Å². The summed E-state index contributed by atoms with van der Waals surface area (Å²) in [5.41, 5.74) is 2.67. The van der Waals surface area contributed by atoms with Crippen molar-refractivity contribution < 1.29 is 4.79 Å². The van der Waals surface area contributed by atoms with Crippen LogP contribution in [-0.4, -0.2) is 17.0 Å². The van der Waals surface area contributed by atoms with Crippen molar-refractivity contribution in [1.29, 1.82) is 0 Å². The molecule has 3 rings (SSSR count). The monoisotopic (exact) mass is 368 g/mol. The highest BCUT2D eigenvalue weighted by atomic mass is 35.5. The summed E-state index contributed by atoms with van der Waals surface area (Å²) in [5.74, 6) is -0.345. The highest BCUT2D eigenvalue weighted by Crippen LogP contribution is 2.24. The highest BCUT2D eigenvalue weighted by Gasteiger charge is 2.16. The number of hydrogen-bond donors (Lipinski definition) is 1. The van der Waals surface area contributed by atoms with E-state index in [9.17, 15) is 9.59 Å². The first-order valence-corrected chi connectivity index (χ1v) is 9.05. The Morgan fingerprint density at radius 1 is 1.15 bits per heavy atom. The van der Waals surface area contributed by atoms with Crippen LogP contribution in [0.3, 0.4) is 0 Å². The van der Waals surface area contributed by atoms with Crippen LogP contribution in [0, 0.1) is 6.92 Å². The highest BCUT2D eigenvalue weighted by molar-refractivity contribution is 6.32. The van der Waals surface area contributed by atoms with E-state index < -0.39 is 0 Å². The maximum absolute atomic E-state index is 12.8. The zero-order valence-corrected chi connectivity index (χ0v) is 15.6. The van der Waals surface area contributed by atoms with Gasteiger partial charge < -0.3 is 9.88 Å². The molecule has 0 fully saturated rings. The maximum Gasteiger partial charge on any atom is 0.256 e. The van der Waals surface area contributed by atoms with Gasteiger partial charge in [0, 0.05) is 29.7 Å². The summed E-state index contributed by atoms with van der Waals surface area (Å²) < 4.78 is 1.91. The zero-order chi connectivity index (χ0) is 18.7. The average molecular weight is 369 g/mol. The summed E-state index contributed by atoms with van der Waals surface area (Å²) in [4.78, 5) is 25.4. The summed E-state index contributed by atoms with van der Waals surface area (Å²) in [6.45, 7) is 4.98. The Balaban J connectivity index is 1.90. The number of halogens is 1. The Bertz CT molecular complexity index is 1010. The molecular formula is C21H21ClN2O2. The number of rotatable bonds is 5.